The molecule has 0 fully saturated rings. The summed E-state index contributed by atoms with van der Waals surface area (Å²) < 4.78 is 0. The van der Waals surface area contributed by atoms with Crippen LogP contribution in [0.2, 0.25) is 15.1 Å². The van der Waals surface area contributed by atoms with Gasteiger partial charge in [0.2, 0.25) is 11.8 Å². The Morgan fingerprint density at radius 1 is 1.04 bits per heavy atom. The van der Waals surface area contributed by atoms with Crippen LogP contribution in [0.5, 0.6) is 0 Å². The summed E-state index contributed by atoms with van der Waals surface area (Å²) in [6, 6.07) is 11.9. The molecule has 144 valence electrons. The second-order valence-electron chi connectivity index (χ2n) is 6.14. The largest absolute Gasteiger partial charge is 0.357 e. The van der Waals surface area contributed by atoms with Crippen LogP contribution < -0.4 is 5.32 Å². The highest BCUT2D eigenvalue weighted by molar-refractivity contribution is 6.35. The van der Waals surface area contributed by atoms with E-state index in [-0.39, 0.29) is 24.8 Å². The van der Waals surface area contributed by atoms with E-state index < -0.39 is 6.04 Å². The Morgan fingerprint density at radius 2 is 1.74 bits per heavy atom. The average molecular weight is 428 g/mol. The smallest absolute Gasteiger partial charge is 0.242 e. The van der Waals surface area contributed by atoms with Gasteiger partial charge < -0.3 is 10.2 Å². The molecule has 1 unspecified atom stereocenters. The van der Waals surface area contributed by atoms with Crippen molar-refractivity contribution in [2.45, 2.75) is 32.4 Å². The summed E-state index contributed by atoms with van der Waals surface area (Å²) in [6.45, 7) is 1.90. The fourth-order valence-electron chi connectivity index (χ4n) is 2.71. The third-order valence-electron chi connectivity index (χ3n) is 4.34. The van der Waals surface area contributed by atoms with Gasteiger partial charge in [-0.3, -0.25) is 9.59 Å². The molecule has 2 rings (SSSR count). The van der Waals surface area contributed by atoms with Gasteiger partial charge >= 0.3 is 0 Å². The van der Waals surface area contributed by atoms with E-state index in [4.69, 9.17) is 34.8 Å². The van der Waals surface area contributed by atoms with Crippen LogP contribution >= 0.6 is 34.8 Å². The maximum Gasteiger partial charge on any atom is 0.242 e. The summed E-state index contributed by atoms with van der Waals surface area (Å²) in [7, 11) is 1.54. The monoisotopic (exact) mass is 426 g/mol. The number of carbonyl (C=O) groups is 2. The van der Waals surface area contributed by atoms with Crippen LogP contribution in [0.4, 0.5) is 0 Å². The second-order valence-corrected chi connectivity index (χ2v) is 7.39. The van der Waals surface area contributed by atoms with Crippen LogP contribution in [0.15, 0.2) is 42.5 Å². The van der Waals surface area contributed by atoms with E-state index in [1.54, 1.807) is 38.2 Å². The number of aryl methyl sites for hydroxylation is 1. The molecule has 0 heterocycles. The molecule has 0 aliphatic carbocycles. The van der Waals surface area contributed by atoms with Crippen molar-refractivity contribution in [3.63, 3.8) is 0 Å². The van der Waals surface area contributed by atoms with Gasteiger partial charge in [0, 0.05) is 35.1 Å². The topological polar surface area (TPSA) is 49.4 Å². The number of rotatable bonds is 7. The van der Waals surface area contributed by atoms with E-state index in [1.165, 1.54) is 4.90 Å². The van der Waals surface area contributed by atoms with Crippen LogP contribution in [0.25, 0.3) is 0 Å². The highest BCUT2D eigenvalue weighted by Gasteiger charge is 2.26. The number of likely N-dealkylation sites (N-methyl/N-ethyl adjacent to an activating group) is 1. The minimum atomic E-state index is -0.638. The van der Waals surface area contributed by atoms with Crippen LogP contribution in [0, 0.1) is 0 Å². The van der Waals surface area contributed by atoms with E-state index in [0.717, 1.165) is 11.1 Å². The zero-order chi connectivity index (χ0) is 20.0. The number of carbonyl (C=O) groups excluding carboxylic acids is 2. The van der Waals surface area contributed by atoms with Crippen molar-refractivity contribution < 1.29 is 9.59 Å². The SMILES string of the molecule is CNC(=O)C(C)N(Cc1ccc(Cl)cc1Cl)C(=O)CCc1ccccc1Cl. The number of benzene rings is 2. The van der Waals surface area contributed by atoms with Gasteiger partial charge in [0.05, 0.1) is 0 Å². The minimum Gasteiger partial charge on any atom is -0.357 e. The highest BCUT2D eigenvalue weighted by atomic mass is 35.5. The first-order valence-electron chi connectivity index (χ1n) is 8.52. The zero-order valence-electron chi connectivity index (χ0n) is 15.1. The predicted octanol–water partition coefficient (Wildman–Crippen LogP) is 4.74. The molecule has 1 N–H and O–H groups in total. The third-order valence-corrected chi connectivity index (χ3v) is 5.29. The van der Waals surface area contributed by atoms with Crippen molar-refractivity contribution in [3.8, 4) is 0 Å². The molecule has 2 aromatic carbocycles. The van der Waals surface area contributed by atoms with E-state index in [2.05, 4.69) is 5.32 Å². The lowest BCUT2D eigenvalue weighted by Gasteiger charge is -2.29. The zero-order valence-corrected chi connectivity index (χ0v) is 17.4. The Labute approximate surface area is 174 Å². The van der Waals surface area contributed by atoms with Gasteiger partial charge in [-0.05, 0) is 42.7 Å². The Balaban J connectivity index is 2.19. The first kappa shape index (κ1) is 21.5. The maximum atomic E-state index is 12.9. The van der Waals surface area contributed by atoms with Gasteiger partial charge in [-0.2, -0.15) is 0 Å². The van der Waals surface area contributed by atoms with Gasteiger partial charge in [-0.25, -0.2) is 0 Å². The Hall–Kier alpha value is -1.75. The van der Waals surface area contributed by atoms with Crippen LogP contribution in [-0.4, -0.2) is 29.8 Å². The molecule has 0 spiro atoms. The fraction of sp³-hybridized carbons (Fsp3) is 0.300. The average Bonchev–Trinajstić information content (AvgIpc) is 2.65. The van der Waals surface area contributed by atoms with E-state index in [9.17, 15) is 9.59 Å². The number of hydrogen-bond acceptors (Lipinski definition) is 2. The first-order valence-corrected chi connectivity index (χ1v) is 9.65. The summed E-state index contributed by atoms with van der Waals surface area (Å²) in [5, 5.41) is 4.17. The second kappa shape index (κ2) is 9.98. The Kier molecular flexibility index (Phi) is 7.96. The minimum absolute atomic E-state index is 0.156. The van der Waals surface area contributed by atoms with Crippen LogP contribution in [0.1, 0.15) is 24.5 Å². The quantitative estimate of drug-likeness (QED) is 0.693. The molecule has 0 aliphatic heterocycles. The molecule has 0 aliphatic rings. The molecule has 0 aromatic heterocycles. The normalized spacial score (nSPS) is 11.7. The third kappa shape index (κ3) is 5.86. The molecular weight excluding hydrogens is 407 g/mol. The van der Waals surface area contributed by atoms with E-state index >= 15 is 0 Å². The van der Waals surface area contributed by atoms with Gasteiger partial charge in [0.1, 0.15) is 6.04 Å². The summed E-state index contributed by atoms with van der Waals surface area (Å²) in [5.41, 5.74) is 1.62. The summed E-state index contributed by atoms with van der Waals surface area (Å²) in [4.78, 5) is 26.6. The number of halogens is 3. The van der Waals surface area contributed by atoms with Gasteiger partial charge in [-0.1, -0.05) is 59.1 Å². The predicted molar refractivity (Wildman–Crippen MR) is 110 cm³/mol. The fourth-order valence-corrected chi connectivity index (χ4v) is 3.41. The lowest BCUT2D eigenvalue weighted by atomic mass is 10.1. The standard InChI is InChI=1S/C20H21Cl3N2O2/c1-13(20(27)24-2)25(12-15-7-9-16(21)11-18(15)23)19(26)10-8-14-5-3-4-6-17(14)22/h3-7,9,11,13H,8,10,12H2,1-2H3,(H,24,27). The molecule has 2 aromatic rings. The van der Waals surface area contributed by atoms with E-state index in [1.807, 2.05) is 18.2 Å². The van der Waals surface area contributed by atoms with Gasteiger partial charge in [0.25, 0.3) is 0 Å². The molecule has 0 saturated heterocycles. The number of amides is 2. The summed E-state index contributed by atoms with van der Waals surface area (Å²) >= 11 is 18.4. The molecule has 0 saturated carbocycles. The Morgan fingerprint density at radius 3 is 2.37 bits per heavy atom. The molecule has 1 atom stereocenters. The van der Waals surface area contributed by atoms with Crippen molar-refractivity contribution >= 4 is 46.6 Å². The van der Waals surface area contributed by atoms with Crippen molar-refractivity contribution in [1.29, 1.82) is 0 Å². The highest BCUT2D eigenvalue weighted by Crippen LogP contribution is 2.24. The number of nitrogens with one attached hydrogen (secondary N) is 1. The maximum absolute atomic E-state index is 12.9. The first-order chi connectivity index (χ1) is 12.8. The molecule has 27 heavy (non-hydrogen) atoms. The van der Waals surface area contributed by atoms with Crippen molar-refractivity contribution in [3.05, 3.63) is 68.7 Å². The molecule has 2 amide bonds. The Bertz CT molecular complexity index is 827. The lowest BCUT2D eigenvalue weighted by molar-refractivity contribution is -0.140. The summed E-state index contributed by atoms with van der Waals surface area (Å²) in [5.74, 6) is -0.400. The summed E-state index contributed by atoms with van der Waals surface area (Å²) in [6.07, 6.45) is 0.722. The van der Waals surface area contributed by atoms with Crippen molar-refractivity contribution in [2.24, 2.45) is 0 Å². The molecular formula is C20H21Cl3N2O2. The van der Waals surface area contributed by atoms with E-state index in [0.29, 0.717) is 21.5 Å². The molecule has 4 nitrogen and oxygen atoms in total. The molecule has 0 bridgehead atoms. The molecule has 0 radical (unpaired) electrons. The molecule has 7 heteroatoms. The number of hydrogen-bond donors (Lipinski definition) is 1. The van der Waals surface area contributed by atoms with Gasteiger partial charge in [-0.15, -0.1) is 0 Å². The van der Waals surface area contributed by atoms with Gasteiger partial charge in [0.15, 0.2) is 0 Å². The van der Waals surface area contributed by atoms with Crippen LogP contribution in [-0.2, 0) is 22.6 Å². The van der Waals surface area contributed by atoms with Crippen LogP contribution in [0.3, 0.4) is 0 Å². The number of nitrogens with zero attached hydrogens (tertiary/aromatic N) is 1. The van der Waals surface area contributed by atoms with Crippen molar-refractivity contribution in [1.82, 2.24) is 10.2 Å². The van der Waals surface area contributed by atoms with Crippen molar-refractivity contribution in [2.75, 3.05) is 7.05 Å². The lowest BCUT2D eigenvalue weighted by Crippen LogP contribution is -2.46.